The molecule has 0 aromatic heterocycles. The Morgan fingerprint density at radius 3 is 2.72 bits per heavy atom. The number of carboxylic acid groups (broad SMARTS) is 1. The molecule has 0 aliphatic rings. The van der Waals surface area contributed by atoms with Crippen molar-refractivity contribution in [2.75, 3.05) is 0 Å². The van der Waals surface area contributed by atoms with E-state index in [1.807, 2.05) is 6.92 Å². The summed E-state index contributed by atoms with van der Waals surface area (Å²) in [6.07, 6.45) is 2.64. The van der Waals surface area contributed by atoms with Crippen LogP contribution in [-0.2, 0) is 0 Å². The predicted molar refractivity (Wildman–Crippen MR) is 66.5 cm³/mol. The van der Waals surface area contributed by atoms with Gasteiger partial charge in [0.2, 0.25) is 0 Å². The molecular weight excluding hydrogens is 236 g/mol. The van der Waals surface area contributed by atoms with Crippen molar-refractivity contribution in [3.8, 4) is 0 Å². The van der Waals surface area contributed by atoms with Crippen molar-refractivity contribution in [2.24, 2.45) is 5.73 Å². The van der Waals surface area contributed by atoms with Crippen LogP contribution >= 0.6 is 0 Å². The number of hydrogen-bond donors (Lipinski definition) is 2. The molecule has 0 spiro atoms. The van der Waals surface area contributed by atoms with E-state index in [9.17, 15) is 14.9 Å². The van der Waals surface area contributed by atoms with Crippen molar-refractivity contribution in [2.45, 2.75) is 32.2 Å². The minimum Gasteiger partial charge on any atom is -0.477 e. The summed E-state index contributed by atoms with van der Waals surface area (Å²) >= 11 is 0. The van der Waals surface area contributed by atoms with Gasteiger partial charge in [0.1, 0.15) is 5.56 Å². The molecule has 0 amide bonds. The average Bonchev–Trinajstić information content (AvgIpc) is 2.34. The van der Waals surface area contributed by atoms with Gasteiger partial charge in [-0.15, -0.1) is 0 Å². The lowest BCUT2D eigenvalue weighted by molar-refractivity contribution is -0.385. The SMILES string of the molecule is CCCC[C@@H](N)c1ccc(C(=O)O)c([N+](=O)[O-])c1. The van der Waals surface area contributed by atoms with Crippen LogP contribution in [0.25, 0.3) is 0 Å². The topological polar surface area (TPSA) is 106 Å². The fraction of sp³-hybridized carbons (Fsp3) is 0.417. The molecule has 1 aromatic carbocycles. The Hall–Kier alpha value is -1.95. The van der Waals surface area contributed by atoms with E-state index in [1.165, 1.54) is 18.2 Å². The molecule has 0 radical (unpaired) electrons. The number of rotatable bonds is 6. The van der Waals surface area contributed by atoms with E-state index in [2.05, 4.69) is 0 Å². The molecule has 1 aromatic rings. The van der Waals surface area contributed by atoms with E-state index in [1.54, 1.807) is 0 Å². The second-order valence-corrected chi connectivity index (χ2v) is 4.09. The Morgan fingerprint density at radius 2 is 2.22 bits per heavy atom. The monoisotopic (exact) mass is 252 g/mol. The molecule has 0 saturated carbocycles. The third kappa shape index (κ3) is 3.27. The summed E-state index contributed by atoms with van der Waals surface area (Å²) in [5.41, 5.74) is 5.78. The van der Waals surface area contributed by atoms with E-state index in [4.69, 9.17) is 10.8 Å². The van der Waals surface area contributed by atoms with Crippen LogP contribution in [0.2, 0.25) is 0 Å². The summed E-state index contributed by atoms with van der Waals surface area (Å²) in [7, 11) is 0. The predicted octanol–water partition coefficient (Wildman–Crippen LogP) is 2.48. The van der Waals surface area contributed by atoms with Gasteiger partial charge in [0.05, 0.1) is 4.92 Å². The third-order valence-corrected chi connectivity index (χ3v) is 2.75. The van der Waals surface area contributed by atoms with Gasteiger partial charge in [-0.2, -0.15) is 0 Å². The van der Waals surface area contributed by atoms with Gasteiger partial charge in [-0.25, -0.2) is 4.79 Å². The average molecular weight is 252 g/mol. The number of carboxylic acids is 1. The van der Waals surface area contributed by atoms with E-state index >= 15 is 0 Å². The number of nitro groups is 1. The van der Waals surface area contributed by atoms with E-state index in [0.717, 1.165) is 19.3 Å². The molecule has 0 unspecified atom stereocenters. The van der Waals surface area contributed by atoms with Gasteiger partial charge < -0.3 is 10.8 Å². The number of nitrogens with zero attached hydrogens (tertiary/aromatic N) is 1. The second kappa shape index (κ2) is 6.11. The molecule has 6 nitrogen and oxygen atoms in total. The Bertz CT molecular complexity index is 459. The highest BCUT2D eigenvalue weighted by atomic mass is 16.6. The van der Waals surface area contributed by atoms with Crippen LogP contribution in [0.5, 0.6) is 0 Å². The van der Waals surface area contributed by atoms with Crippen LogP contribution in [0, 0.1) is 10.1 Å². The van der Waals surface area contributed by atoms with Gasteiger partial charge in [-0.3, -0.25) is 10.1 Å². The van der Waals surface area contributed by atoms with E-state index in [0.29, 0.717) is 5.56 Å². The largest absolute Gasteiger partial charge is 0.477 e. The maximum absolute atomic E-state index is 10.8. The second-order valence-electron chi connectivity index (χ2n) is 4.09. The highest BCUT2D eigenvalue weighted by molar-refractivity contribution is 5.92. The number of aromatic carboxylic acids is 1. The van der Waals surface area contributed by atoms with Gasteiger partial charge in [0, 0.05) is 12.1 Å². The van der Waals surface area contributed by atoms with Crippen molar-refractivity contribution in [1.82, 2.24) is 0 Å². The van der Waals surface area contributed by atoms with E-state index < -0.39 is 16.6 Å². The van der Waals surface area contributed by atoms with Crippen LogP contribution in [0.1, 0.15) is 48.1 Å². The smallest absolute Gasteiger partial charge is 0.342 e. The maximum atomic E-state index is 10.8. The summed E-state index contributed by atoms with van der Waals surface area (Å²) in [6, 6.07) is 3.73. The van der Waals surface area contributed by atoms with Gasteiger partial charge in [0.25, 0.3) is 5.69 Å². The molecular formula is C12H16N2O4. The first kappa shape index (κ1) is 14.1. The van der Waals surface area contributed by atoms with Crippen molar-refractivity contribution < 1.29 is 14.8 Å². The zero-order valence-corrected chi connectivity index (χ0v) is 10.1. The highest BCUT2D eigenvalue weighted by Crippen LogP contribution is 2.25. The summed E-state index contributed by atoms with van der Waals surface area (Å²) in [4.78, 5) is 21.0. The van der Waals surface area contributed by atoms with Gasteiger partial charge >= 0.3 is 5.97 Å². The Kier molecular flexibility index (Phi) is 4.79. The lowest BCUT2D eigenvalue weighted by Gasteiger charge is -2.11. The summed E-state index contributed by atoms with van der Waals surface area (Å²) < 4.78 is 0. The van der Waals surface area contributed by atoms with Crippen LogP contribution in [0.15, 0.2) is 18.2 Å². The molecule has 0 fully saturated rings. The molecule has 0 aliphatic carbocycles. The molecule has 98 valence electrons. The molecule has 3 N–H and O–H groups in total. The molecule has 0 bridgehead atoms. The van der Waals surface area contributed by atoms with Crippen LogP contribution in [-0.4, -0.2) is 16.0 Å². The Morgan fingerprint density at radius 1 is 1.56 bits per heavy atom. The lowest BCUT2D eigenvalue weighted by Crippen LogP contribution is -2.11. The maximum Gasteiger partial charge on any atom is 0.342 e. The fourth-order valence-electron chi connectivity index (χ4n) is 1.70. The number of carbonyl (C=O) groups is 1. The fourth-order valence-corrected chi connectivity index (χ4v) is 1.70. The van der Waals surface area contributed by atoms with Crippen molar-refractivity contribution in [1.29, 1.82) is 0 Å². The Balaban J connectivity index is 3.07. The highest BCUT2D eigenvalue weighted by Gasteiger charge is 2.21. The van der Waals surface area contributed by atoms with Crippen LogP contribution < -0.4 is 5.73 Å². The minimum absolute atomic E-state index is 0.300. The quantitative estimate of drug-likeness (QED) is 0.597. The van der Waals surface area contributed by atoms with Crippen molar-refractivity contribution in [3.63, 3.8) is 0 Å². The normalized spacial score (nSPS) is 12.1. The minimum atomic E-state index is -1.31. The molecule has 1 atom stereocenters. The standard InChI is InChI=1S/C12H16N2O4/c1-2-3-4-10(13)8-5-6-9(12(15)16)11(7-8)14(17)18/h5-7,10H,2-4,13H2,1H3,(H,15,16)/t10-/m1/s1. The van der Waals surface area contributed by atoms with Gasteiger partial charge in [0.15, 0.2) is 0 Å². The lowest BCUT2D eigenvalue weighted by atomic mass is 9.99. The first-order valence-corrected chi connectivity index (χ1v) is 5.74. The number of benzene rings is 1. The van der Waals surface area contributed by atoms with Crippen LogP contribution in [0.4, 0.5) is 5.69 Å². The first-order valence-electron chi connectivity index (χ1n) is 5.74. The number of nitrogens with two attached hydrogens (primary N) is 1. The molecule has 6 heteroatoms. The zero-order chi connectivity index (χ0) is 13.7. The number of unbranched alkanes of at least 4 members (excludes halogenated alkanes) is 1. The van der Waals surface area contributed by atoms with Crippen LogP contribution in [0.3, 0.4) is 0 Å². The molecule has 0 heterocycles. The zero-order valence-electron chi connectivity index (χ0n) is 10.1. The number of nitro benzene ring substituents is 1. The van der Waals surface area contributed by atoms with Gasteiger partial charge in [-0.05, 0) is 18.1 Å². The molecule has 0 aliphatic heterocycles. The van der Waals surface area contributed by atoms with E-state index in [-0.39, 0.29) is 11.6 Å². The summed E-state index contributed by atoms with van der Waals surface area (Å²) in [5.74, 6) is -1.31. The Labute approximate surface area is 105 Å². The molecule has 18 heavy (non-hydrogen) atoms. The molecule has 1 rings (SSSR count). The molecule has 0 saturated heterocycles. The van der Waals surface area contributed by atoms with Crippen molar-refractivity contribution >= 4 is 11.7 Å². The summed E-state index contributed by atoms with van der Waals surface area (Å²) in [5, 5.41) is 19.7. The number of hydrogen-bond acceptors (Lipinski definition) is 4. The first-order chi connectivity index (χ1) is 8.47. The van der Waals surface area contributed by atoms with Crippen molar-refractivity contribution in [3.05, 3.63) is 39.4 Å². The van der Waals surface area contributed by atoms with Gasteiger partial charge in [-0.1, -0.05) is 25.8 Å². The third-order valence-electron chi connectivity index (χ3n) is 2.75. The summed E-state index contributed by atoms with van der Waals surface area (Å²) in [6.45, 7) is 2.03.